The van der Waals surface area contributed by atoms with Crippen LogP contribution < -0.4 is 0 Å². The second-order valence-corrected chi connectivity index (χ2v) is 5.47. The van der Waals surface area contributed by atoms with Gasteiger partial charge in [0.25, 0.3) is 0 Å². The number of methoxy groups -OCH3 is 1. The van der Waals surface area contributed by atoms with Gasteiger partial charge in [-0.1, -0.05) is 42.6 Å². The molecule has 0 saturated carbocycles. The van der Waals surface area contributed by atoms with Gasteiger partial charge in [-0.3, -0.25) is 9.59 Å². The van der Waals surface area contributed by atoms with Crippen molar-refractivity contribution in [1.29, 1.82) is 0 Å². The van der Waals surface area contributed by atoms with Crippen molar-refractivity contribution in [2.75, 3.05) is 20.2 Å². The molecule has 0 aromatic heterocycles. The lowest BCUT2D eigenvalue weighted by atomic mass is 10.0. The fourth-order valence-corrected chi connectivity index (χ4v) is 1.85. The summed E-state index contributed by atoms with van der Waals surface area (Å²) in [5.74, 6) is -0.0189. The molecule has 0 radical (unpaired) electrons. The summed E-state index contributed by atoms with van der Waals surface area (Å²) in [5, 5.41) is 0. The van der Waals surface area contributed by atoms with Gasteiger partial charge >= 0.3 is 5.97 Å². The van der Waals surface area contributed by atoms with Crippen LogP contribution in [0.1, 0.15) is 33.6 Å². The third kappa shape index (κ3) is 6.05. The smallest absolute Gasteiger partial charge is 0.325 e. The number of amides is 1. The van der Waals surface area contributed by atoms with Gasteiger partial charge in [0, 0.05) is 6.54 Å². The van der Waals surface area contributed by atoms with Crippen molar-refractivity contribution < 1.29 is 14.3 Å². The minimum absolute atomic E-state index is 0.0295. The van der Waals surface area contributed by atoms with Crippen LogP contribution in [0.15, 0.2) is 0 Å². The molecule has 0 aliphatic carbocycles. The van der Waals surface area contributed by atoms with Crippen molar-refractivity contribution in [3.63, 3.8) is 0 Å². The molecule has 17 heavy (non-hydrogen) atoms. The van der Waals surface area contributed by atoms with Crippen LogP contribution in [0, 0.1) is 5.92 Å². The molecule has 4 nitrogen and oxygen atoms in total. The Morgan fingerprint density at radius 1 is 1.29 bits per heavy atom. The first-order valence-corrected chi connectivity index (χ1v) is 6.87. The van der Waals surface area contributed by atoms with Crippen molar-refractivity contribution in [2.24, 2.45) is 5.92 Å². The summed E-state index contributed by atoms with van der Waals surface area (Å²) in [7, 11) is 1.33. The van der Waals surface area contributed by atoms with E-state index in [1.165, 1.54) is 7.11 Å². The molecule has 0 N–H and O–H groups in total. The molecule has 0 fully saturated rings. The van der Waals surface area contributed by atoms with E-state index >= 15 is 0 Å². The van der Waals surface area contributed by atoms with E-state index in [9.17, 15) is 9.59 Å². The van der Waals surface area contributed by atoms with Crippen LogP contribution in [0.2, 0.25) is 0 Å². The SMILES string of the molecule is CCC(CC)CN(CC(=O)OC)C(=O)C(C)Br. The Balaban J connectivity index is 4.60. The number of halogens is 1. The summed E-state index contributed by atoms with van der Waals surface area (Å²) in [4.78, 5) is 24.5. The summed E-state index contributed by atoms with van der Waals surface area (Å²) in [6.07, 6.45) is 2.00. The van der Waals surface area contributed by atoms with Gasteiger partial charge in [-0.2, -0.15) is 0 Å². The number of carbonyl (C=O) groups is 2. The van der Waals surface area contributed by atoms with Gasteiger partial charge in [0.2, 0.25) is 5.91 Å². The van der Waals surface area contributed by atoms with E-state index in [4.69, 9.17) is 0 Å². The maximum absolute atomic E-state index is 11.9. The molecular weight excluding hydrogens is 286 g/mol. The molecular formula is C12H22BrNO3. The third-order valence-corrected chi connectivity index (χ3v) is 3.22. The Bertz CT molecular complexity index is 252. The van der Waals surface area contributed by atoms with Crippen LogP contribution in [0.25, 0.3) is 0 Å². The van der Waals surface area contributed by atoms with Crippen LogP contribution in [-0.2, 0) is 14.3 Å². The molecule has 0 heterocycles. The van der Waals surface area contributed by atoms with E-state index in [0.29, 0.717) is 12.5 Å². The first-order chi connectivity index (χ1) is 7.96. The van der Waals surface area contributed by atoms with Crippen molar-refractivity contribution in [3.05, 3.63) is 0 Å². The molecule has 5 heteroatoms. The van der Waals surface area contributed by atoms with Crippen molar-refractivity contribution >= 4 is 27.8 Å². The van der Waals surface area contributed by atoms with Gasteiger partial charge in [-0.25, -0.2) is 0 Å². The van der Waals surface area contributed by atoms with Crippen LogP contribution in [0.5, 0.6) is 0 Å². The Hall–Kier alpha value is -0.580. The zero-order valence-corrected chi connectivity index (χ0v) is 12.6. The Morgan fingerprint density at radius 3 is 2.18 bits per heavy atom. The highest BCUT2D eigenvalue weighted by molar-refractivity contribution is 9.10. The molecule has 0 spiro atoms. The second-order valence-electron chi connectivity index (χ2n) is 4.09. The number of esters is 1. The summed E-state index contributed by atoms with van der Waals surface area (Å²) < 4.78 is 4.61. The average molecular weight is 308 g/mol. The van der Waals surface area contributed by atoms with Crippen LogP contribution in [0.4, 0.5) is 0 Å². The molecule has 1 unspecified atom stereocenters. The van der Waals surface area contributed by atoms with Gasteiger partial charge in [0.15, 0.2) is 0 Å². The van der Waals surface area contributed by atoms with Crippen LogP contribution in [0.3, 0.4) is 0 Å². The van der Waals surface area contributed by atoms with Gasteiger partial charge in [-0.15, -0.1) is 0 Å². The van der Waals surface area contributed by atoms with E-state index in [-0.39, 0.29) is 23.2 Å². The maximum atomic E-state index is 11.9. The maximum Gasteiger partial charge on any atom is 0.325 e. The molecule has 100 valence electrons. The molecule has 0 rings (SSSR count). The number of alkyl halides is 1. The van der Waals surface area contributed by atoms with Crippen LogP contribution in [-0.4, -0.2) is 41.8 Å². The lowest BCUT2D eigenvalue weighted by Gasteiger charge is -2.26. The lowest BCUT2D eigenvalue weighted by Crippen LogP contribution is -2.42. The molecule has 0 aliphatic rings. The summed E-state index contributed by atoms with van der Waals surface area (Å²) in [5.41, 5.74) is 0. The number of rotatable bonds is 7. The predicted molar refractivity (Wildman–Crippen MR) is 71.1 cm³/mol. The predicted octanol–water partition coefficient (Wildman–Crippen LogP) is 2.21. The fraction of sp³-hybridized carbons (Fsp3) is 0.833. The van der Waals surface area contributed by atoms with E-state index in [0.717, 1.165) is 12.8 Å². The molecule has 1 atom stereocenters. The highest BCUT2D eigenvalue weighted by Crippen LogP contribution is 2.13. The number of carbonyl (C=O) groups excluding carboxylic acids is 2. The Morgan fingerprint density at radius 2 is 1.82 bits per heavy atom. The number of hydrogen-bond donors (Lipinski definition) is 0. The van der Waals surface area contributed by atoms with Gasteiger partial charge in [0.1, 0.15) is 6.54 Å². The minimum atomic E-state index is -0.377. The summed E-state index contributed by atoms with van der Waals surface area (Å²) in [6.45, 7) is 6.58. The largest absolute Gasteiger partial charge is 0.468 e. The number of nitrogens with zero attached hydrogens (tertiary/aromatic N) is 1. The molecule has 0 aromatic rings. The van der Waals surface area contributed by atoms with Crippen molar-refractivity contribution in [3.8, 4) is 0 Å². The van der Waals surface area contributed by atoms with Gasteiger partial charge < -0.3 is 9.64 Å². The molecule has 0 aromatic carbocycles. The first-order valence-electron chi connectivity index (χ1n) is 5.95. The van der Waals surface area contributed by atoms with Crippen LogP contribution >= 0.6 is 15.9 Å². The summed E-state index contributed by atoms with van der Waals surface area (Å²) in [6, 6.07) is 0. The topological polar surface area (TPSA) is 46.6 Å². The van der Waals surface area contributed by atoms with Gasteiger partial charge in [0.05, 0.1) is 11.9 Å². The quantitative estimate of drug-likeness (QED) is 0.535. The van der Waals surface area contributed by atoms with Crippen molar-refractivity contribution in [1.82, 2.24) is 4.90 Å². The van der Waals surface area contributed by atoms with Gasteiger partial charge in [-0.05, 0) is 12.8 Å². The molecule has 0 saturated heterocycles. The second kappa shape index (κ2) is 8.50. The minimum Gasteiger partial charge on any atom is -0.468 e. The standard InChI is InChI=1S/C12H22BrNO3/c1-5-10(6-2)7-14(8-11(15)17-4)12(16)9(3)13/h9-10H,5-8H2,1-4H3. The fourth-order valence-electron chi connectivity index (χ4n) is 1.56. The number of ether oxygens (including phenoxy) is 1. The molecule has 1 amide bonds. The van der Waals surface area contributed by atoms with E-state index in [1.807, 2.05) is 0 Å². The zero-order chi connectivity index (χ0) is 13.4. The third-order valence-electron chi connectivity index (χ3n) is 2.83. The number of hydrogen-bond acceptors (Lipinski definition) is 3. The van der Waals surface area contributed by atoms with Crippen molar-refractivity contribution in [2.45, 2.75) is 38.4 Å². The molecule has 0 aliphatic heterocycles. The normalized spacial score (nSPS) is 12.4. The summed E-state index contributed by atoms with van der Waals surface area (Å²) >= 11 is 3.24. The van der Waals surface area contributed by atoms with E-state index in [1.54, 1.807) is 11.8 Å². The zero-order valence-electron chi connectivity index (χ0n) is 11.0. The molecule has 0 bridgehead atoms. The Labute approximate surface area is 112 Å². The monoisotopic (exact) mass is 307 g/mol. The lowest BCUT2D eigenvalue weighted by molar-refractivity contribution is -0.147. The van der Waals surface area contributed by atoms with E-state index < -0.39 is 0 Å². The van der Waals surface area contributed by atoms with E-state index in [2.05, 4.69) is 34.5 Å². The highest BCUT2D eigenvalue weighted by atomic mass is 79.9. The first kappa shape index (κ1) is 16.4. The average Bonchev–Trinajstić information content (AvgIpc) is 2.32. The highest BCUT2D eigenvalue weighted by Gasteiger charge is 2.23. The Kier molecular flexibility index (Phi) is 8.21.